The quantitative estimate of drug-likeness (QED) is 0.691. The van der Waals surface area contributed by atoms with Gasteiger partial charge in [-0.3, -0.25) is 9.36 Å². The lowest BCUT2D eigenvalue weighted by atomic mass is 9.94. The number of amides is 1. The van der Waals surface area contributed by atoms with E-state index in [-0.39, 0.29) is 11.9 Å². The van der Waals surface area contributed by atoms with E-state index in [2.05, 4.69) is 74.9 Å². The monoisotopic (exact) mass is 452 g/mol. The van der Waals surface area contributed by atoms with Crippen molar-refractivity contribution < 1.29 is 4.79 Å². The smallest absolute Gasteiger partial charge is 0.289 e. The Morgan fingerprint density at radius 1 is 1.09 bits per heavy atom. The van der Waals surface area contributed by atoms with Crippen LogP contribution in [-0.4, -0.2) is 63.8 Å². The van der Waals surface area contributed by atoms with Crippen LogP contribution in [0.4, 0.5) is 5.95 Å². The van der Waals surface area contributed by atoms with Crippen molar-refractivity contribution in [1.82, 2.24) is 25.0 Å². The normalized spacial score (nSPS) is 21.8. The van der Waals surface area contributed by atoms with Crippen LogP contribution < -0.4 is 10.2 Å². The van der Waals surface area contributed by atoms with Crippen LogP contribution in [0, 0.1) is 12.8 Å². The topological polar surface area (TPSA) is 66.3 Å². The van der Waals surface area contributed by atoms with Crippen molar-refractivity contribution in [1.29, 1.82) is 0 Å². The number of carbonyl (C=O) groups excluding carboxylic acids is 1. The van der Waals surface area contributed by atoms with Gasteiger partial charge in [0.05, 0.1) is 0 Å². The number of anilines is 1. The number of nitrogens with one attached hydrogen (secondary N) is 1. The van der Waals surface area contributed by atoms with Crippen molar-refractivity contribution in [3.63, 3.8) is 0 Å². The first-order valence-electron chi connectivity index (χ1n) is 12.6. The molecule has 0 spiro atoms. The number of benzene rings is 1. The van der Waals surface area contributed by atoms with Crippen LogP contribution in [0.3, 0.4) is 0 Å². The van der Waals surface area contributed by atoms with E-state index < -0.39 is 0 Å². The highest BCUT2D eigenvalue weighted by atomic mass is 16.2. The molecular formula is C26H40N6O. The van der Waals surface area contributed by atoms with Crippen molar-refractivity contribution >= 4 is 11.9 Å². The second kappa shape index (κ2) is 10.2. The third-order valence-electron chi connectivity index (χ3n) is 7.17. The fourth-order valence-corrected chi connectivity index (χ4v) is 5.41. The lowest BCUT2D eigenvalue weighted by Crippen LogP contribution is -2.42. The summed E-state index contributed by atoms with van der Waals surface area (Å²) in [5.74, 6) is 2.14. The number of carbonyl (C=O) groups is 1. The molecule has 1 amide bonds. The molecule has 180 valence electrons. The summed E-state index contributed by atoms with van der Waals surface area (Å²) >= 11 is 0. The van der Waals surface area contributed by atoms with Crippen LogP contribution in [-0.2, 0) is 6.54 Å². The number of likely N-dealkylation sites (tertiary alicyclic amines) is 1. The highest BCUT2D eigenvalue weighted by Crippen LogP contribution is 2.32. The summed E-state index contributed by atoms with van der Waals surface area (Å²) in [6.07, 6.45) is 3.47. The molecule has 2 aromatic rings. The maximum atomic E-state index is 13.0. The fraction of sp³-hybridized carbons (Fsp3) is 0.654. The van der Waals surface area contributed by atoms with E-state index in [9.17, 15) is 4.79 Å². The molecule has 33 heavy (non-hydrogen) atoms. The number of aryl methyl sites for hydroxylation is 1. The molecule has 4 rings (SSSR count). The molecule has 0 radical (unpaired) electrons. The molecule has 0 saturated carbocycles. The van der Waals surface area contributed by atoms with Gasteiger partial charge in [-0.05, 0) is 77.5 Å². The Morgan fingerprint density at radius 3 is 2.61 bits per heavy atom. The van der Waals surface area contributed by atoms with Gasteiger partial charge in [-0.25, -0.2) is 0 Å². The molecule has 3 heterocycles. The van der Waals surface area contributed by atoms with Crippen molar-refractivity contribution in [3.05, 3.63) is 41.2 Å². The first-order chi connectivity index (χ1) is 15.8. The van der Waals surface area contributed by atoms with Crippen LogP contribution in [0.5, 0.6) is 0 Å². The molecule has 0 bridgehead atoms. The molecule has 7 heteroatoms. The van der Waals surface area contributed by atoms with Crippen molar-refractivity contribution in [2.75, 3.05) is 31.1 Å². The summed E-state index contributed by atoms with van der Waals surface area (Å²) in [5.41, 5.74) is 2.77. The summed E-state index contributed by atoms with van der Waals surface area (Å²) in [6.45, 7) is 15.6. The van der Waals surface area contributed by atoms with E-state index in [1.165, 1.54) is 24.0 Å². The molecule has 7 nitrogen and oxygen atoms in total. The predicted octanol–water partition coefficient (Wildman–Crippen LogP) is 3.84. The van der Waals surface area contributed by atoms with E-state index in [1.54, 1.807) is 0 Å². The van der Waals surface area contributed by atoms with Gasteiger partial charge < -0.3 is 15.1 Å². The van der Waals surface area contributed by atoms with Gasteiger partial charge >= 0.3 is 0 Å². The third kappa shape index (κ3) is 5.40. The molecular weight excluding hydrogens is 412 g/mol. The second-order valence-electron chi connectivity index (χ2n) is 10.4. The minimum absolute atomic E-state index is 0.0643. The molecule has 1 aromatic carbocycles. The Balaban J connectivity index is 1.58. The van der Waals surface area contributed by atoms with E-state index >= 15 is 0 Å². The average Bonchev–Trinajstić information content (AvgIpc) is 3.41. The Hall–Kier alpha value is -2.41. The van der Waals surface area contributed by atoms with Gasteiger partial charge in [0.15, 0.2) is 0 Å². The molecule has 2 atom stereocenters. The lowest BCUT2D eigenvalue weighted by molar-refractivity contribution is 0.0921. The standard InChI is InChI=1S/C26H40N6O/c1-18(2)27-25(33)24-28-29-26(32(24)16-21-10-8-13-30(15-21)19(3)4)31-14-12-22(17-31)23-11-7-6-9-20(23)5/h6-7,9,11,18-19,21-22H,8,10,12-17H2,1-5H3,(H,27,33). The Labute approximate surface area is 198 Å². The highest BCUT2D eigenvalue weighted by Gasteiger charge is 2.32. The summed E-state index contributed by atoms with van der Waals surface area (Å²) in [6, 6.07) is 9.29. The minimum Gasteiger partial charge on any atom is -0.347 e. The number of nitrogens with zero attached hydrogens (tertiary/aromatic N) is 5. The number of rotatable bonds is 7. The molecule has 0 aliphatic carbocycles. The third-order valence-corrected chi connectivity index (χ3v) is 7.17. The highest BCUT2D eigenvalue weighted by molar-refractivity contribution is 5.91. The SMILES string of the molecule is Cc1ccccc1C1CCN(c2nnc(C(=O)NC(C)C)n2CC2CCCN(C(C)C)C2)C1. The number of hydrogen-bond acceptors (Lipinski definition) is 5. The summed E-state index contributed by atoms with van der Waals surface area (Å²) in [7, 11) is 0. The molecule has 2 unspecified atom stereocenters. The molecule has 2 fully saturated rings. The number of piperidine rings is 1. The van der Waals surface area contributed by atoms with Gasteiger partial charge in [0, 0.05) is 44.2 Å². The van der Waals surface area contributed by atoms with E-state index in [1.807, 2.05) is 13.8 Å². The Bertz CT molecular complexity index is 952. The van der Waals surface area contributed by atoms with Crippen LogP contribution in [0.25, 0.3) is 0 Å². The van der Waals surface area contributed by atoms with E-state index in [0.717, 1.165) is 45.1 Å². The van der Waals surface area contributed by atoms with Gasteiger partial charge in [-0.2, -0.15) is 0 Å². The molecule has 1 N–H and O–H groups in total. The molecule has 2 aliphatic rings. The van der Waals surface area contributed by atoms with Crippen LogP contribution in [0.2, 0.25) is 0 Å². The van der Waals surface area contributed by atoms with Crippen molar-refractivity contribution in [2.24, 2.45) is 5.92 Å². The Kier molecular flexibility index (Phi) is 7.37. The molecule has 2 aliphatic heterocycles. The lowest BCUT2D eigenvalue weighted by Gasteiger charge is -2.36. The number of aromatic nitrogens is 3. The fourth-order valence-electron chi connectivity index (χ4n) is 5.41. The maximum absolute atomic E-state index is 13.0. The van der Waals surface area contributed by atoms with E-state index in [0.29, 0.717) is 23.7 Å². The second-order valence-corrected chi connectivity index (χ2v) is 10.4. The van der Waals surface area contributed by atoms with Crippen molar-refractivity contribution in [2.45, 2.75) is 78.4 Å². The summed E-state index contributed by atoms with van der Waals surface area (Å²) in [4.78, 5) is 17.9. The zero-order valence-electron chi connectivity index (χ0n) is 20.9. The van der Waals surface area contributed by atoms with Crippen molar-refractivity contribution in [3.8, 4) is 0 Å². The van der Waals surface area contributed by atoms with Crippen LogP contribution in [0.1, 0.15) is 74.6 Å². The largest absolute Gasteiger partial charge is 0.347 e. The molecule has 1 aromatic heterocycles. The van der Waals surface area contributed by atoms with Gasteiger partial charge in [0.25, 0.3) is 5.91 Å². The predicted molar refractivity (Wildman–Crippen MR) is 133 cm³/mol. The minimum atomic E-state index is -0.130. The summed E-state index contributed by atoms with van der Waals surface area (Å²) in [5, 5.41) is 12.0. The summed E-state index contributed by atoms with van der Waals surface area (Å²) < 4.78 is 2.10. The van der Waals surface area contributed by atoms with Gasteiger partial charge in [0.2, 0.25) is 11.8 Å². The first kappa shape index (κ1) is 23.7. The zero-order valence-corrected chi connectivity index (χ0v) is 20.9. The zero-order chi connectivity index (χ0) is 23.5. The average molecular weight is 453 g/mol. The van der Waals surface area contributed by atoms with Gasteiger partial charge in [0.1, 0.15) is 0 Å². The van der Waals surface area contributed by atoms with Crippen LogP contribution >= 0.6 is 0 Å². The maximum Gasteiger partial charge on any atom is 0.289 e. The van der Waals surface area contributed by atoms with Gasteiger partial charge in [-0.1, -0.05) is 24.3 Å². The molecule has 2 saturated heterocycles. The Morgan fingerprint density at radius 2 is 1.88 bits per heavy atom. The number of hydrogen-bond donors (Lipinski definition) is 1. The van der Waals surface area contributed by atoms with Gasteiger partial charge in [-0.15, -0.1) is 10.2 Å². The first-order valence-corrected chi connectivity index (χ1v) is 12.6. The van der Waals surface area contributed by atoms with E-state index in [4.69, 9.17) is 0 Å². The van der Waals surface area contributed by atoms with Crippen LogP contribution in [0.15, 0.2) is 24.3 Å².